The summed E-state index contributed by atoms with van der Waals surface area (Å²) in [7, 11) is 0. The standard InChI is InChI=1S/C62H37BN2O4/c1-3-18-38(19-4-1)64(48-30-15-28-46-42-24-11-13-32-52(42)68-61(46)48)50-36-56-58(44-26-9-7-22-40(44)50)63-59-45-27-10-8-23-41(45)51(37-57(59)67-55-35-17-34-54(66-56)60(55)63)65(39-20-5-2-6-21-39)49-31-16-29-47-43-25-12-14-33-53(43)69-62(47)49/h1-37H. The van der Waals surface area contributed by atoms with E-state index in [1.807, 2.05) is 30.3 Å². The Morgan fingerprint density at radius 3 is 1.12 bits per heavy atom. The molecule has 13 aromatic rings. The molecule has 0 amide bonds. The highest BCUT2D eigenvalue weighted by Crippen LogP contribution is 2.50. The van der Waals surface area contributed by atoms with Gasteiger partial charge < -0.3 is 28.1 Å². The van der Waals surface area contributed by atoms with Crippen LogP contribution in [0.3, 0.4) is 0 Å². The number of ether oxygens (including phenoxy) is 2. The molecule has 0 atom stereocenters. The van der Waals surface area contributed by atoms with E-state index in [1.165, 1.54) is 0 Å². The Hall–Kier alpha value is -9.20. The van der Waals surface area contributed by atoms with Crippen molar-refractivity contribution in [3.63, 3.8) is 0 Å². The summed E-state index contributed by atoms with van der Waals surface area (Å²) in [6.07, 6.45) is 0. The summed E-state index contributed by atoms with van der Waals surface area (Å²) in [6, 6.07) is 78.6. The number of benzene rings is 11. The van der Waals surface area contributed by atoms with Crippen molar-refractivity contribution in [2.75, 3.05) is 9.80 Å². The summed E-state index contributed by atoms with van der Waals surface area (Å²) in [5.74, 6) is 3.13. The topological polar surface area (TPSA) is 51.2 Å². The van der Waals surface area contributed by atoms with E-state index in [0.29, 0.717) is 0 Å². The fraction of sp³-hybridized carbons (Fsp3) is 0. The van der Waals surface area contributed by atoms with Gasteiger partial charge in [-0.3, -0.25) is 0 Å². The number of fused-ring (bicyclic) bond motifs is 14. The van der Waals surface area contributed by atoms with Gasteiger partial charge in [-0.1, -0.05) is 152 Å². The zero-order chi connectivity index (χ0) is 45.2. The molecule has 0 radical (unpaired) electrons. The smallest absolute Gasteiger partial charge is 0.262 e. The number of nitrogens with zero attached hydrogens (tertiary/aromatic N) is 2. The van der Waals surface area contributed by atoms with Crippen LogP contribution in [0.2, 0.25) is 0 Å². The third kappa shape index (κ3) is 5.56. The summed E-state index contributed by atoms with van der Waals surface area (Å²) in [5, 5.41) is 8.65. The lowest BCUT2D eigenvalue weighted by atomic mass is 9.33. The summed E-state index contributed by atoms with van der Waals surface area (Å²) in [4.78, 5) is 4.64. The largest absolute Gasteiger partial charge is 0.458 e. The van der Waals surface area contributed by atoms with Gasteiger partial charge in [0.2, 0.25) is 0 Å². The predicted molar refractivity (Wildman–Crippen MR) is 283 cm³/mol. The summed E-state index contributed by atoms with van der Waals surface area (Å²) in [6.45, 7) is -0.227. The molecule has 11 aromatic carbocycles. The van der Waals surface area contributed by atoms with E-state index in [-0.39, 0.29) is 6.71 Å². The van der Waals surface area contributed by atoms with Crippen LogP contribution in [-0.2, 0) is 0 Å². The minimum Gasteiger partial charge on any atom is -0.458 e. The minimum atomic E-state index is -0.227. The van der Waals surface area contributed by atoms with Gasteiger partial charge in [-0.25, -0.2) is 0 Å². The Balaban J connectivity index is 0.988. The van der Waals surface area contributed by atoms with Crippen LogP contribution in [0.4, 0.5) is 34.1 Å². The quantitative estimate of drug-likeness (QED) is 0.155. The van der Waals surface area contributed by atoms with Crippen molar-refractivity contribution >= 4 is 123 Å². The number of rotatable bonds is 6. The lowest BCUT2D eigenvalue weighted by Crippen LogP contribution is -2.58. The molecule has 2 aromatic heterocycles. The zero-order valence-corrected chi connectivity index (χ0v) is 37.0. The number of anilines is 6. The van der Waals surface area contributed by atoms with Gasteiger partial charge in [0, 0.05) is 61.3 Å². The van der Waals surface area contributed by atoms with E-state index in [1.54, 1.807) is 0 Å². The number of hydrogen-bond acceptors (Lipinski definition) is 6. The van der Waals surface area contributed by atoms with E-state index in [9.17, 15) is 0 Å². The van der Waals surface area contributed by atoms with Crippen molar-refractivity contribution < 1.29 is 18.3 Å². The Labute approximate surface area is 396 Å². The molecule has 0 bridgehead atoms. The average Bonchev–Trinajstić information content (AvgIpc) is 3.99. The van der Waals surface area contributed by atoms with Crippen molar-refractivity contribution in [3.05, 3.63) is 224 Å². The molecule has 2 aliphatic rings. The molecule has 322 valence electrons. The molecule has 0 fully saturated rings. The summed E-state index contributed by atoms with van der Waals surface area (Å²) >= 11 is 0. The lowest BCUT2D eigenvalue weighted by Gasteiger charge is -2.36. The van der Waals surface area contributed by atoms with E-state index in [2.05, 4.69) is 204 Å². The third-order valence-corrected chi connectivity index (χ3v) is 14.1. The molecule has 0 spiro atoms. The van der Waals surface area contributed by atoms with Crippen molar-refractivity contribution in [1.82, 2.24) is 0 Å². The molecule has 0 N–H and O–H groups in total. The number of furan rings is 2. The molecule has 2 aliphatic heterocycles. The van der Waals surface area contributed by atoms with Gasteiger partial charge >= 0.3 is 0 Å². The Bertz CT molecular complexity index is 3970. The molecule has 15 rings (SSSR count). The highest BCUT2D eigenvalue weighted by molar-refractivity contribution is 7.01. The van der Waals surface area contributed by atoms with Gasteiger partial charge in [-0.05, 0) is 82.4 Å². The fourth-order valence-electron chi connectivity index (χ4n) is 11.3. The highest BCUT2D eigenvalue weighted by atomic mass is 16.5. The van der Waals surface area contributed by atoms with Gasteiger partial charge in [0.15, 0.2) is 11.2 Å². The van der Waals surface area contributed by atoms with Gasteiger partial charge in [0.25, 0.3) is 6.71 Å². The van der Waals surface area contributed by atoms with E-state index >= 15 is 0 Å². The van der Waals surface area contributed by atoms with Crippen LogP contribution in [0.15, 0.2) is 233 Å². The van der Waals surface area contributed by atoms with Crippen molar-refractivity contribution in [2.45, 2.75) is 0 Å². The first-order valence-corrected chi connectivity index (χ1v) is 23.4. The van der Waals surface area contributed by atoms with Crippen LogP contribution in [0.5, 0.6) is 23.0 Å². The van der Waals surface area contributed by atoms with Gasteiger partial charge in [-0.2, -0.15) is 0 Å². The molecule has 0 aliphatic carbocycles. The van der Waals surface area contributed by atoms with Crippen LogP contribution in [-0.4, -0.2) is 6.71 Å². The second kappa shape index (κ2) is 14.7. The maximum absolute atomic E-state index is 7.15. The normalized spacial score (nSPS) is 12.6. The molecule has 6 nitrogen and oxygen atoms in total. The molecule has 69 heavy (non-hydrogen) atoms. The average molecular weight is 885 g/mol. The van der Waals surface area contributed by atoms with Crippen LogP contribution >= 0.6 is 0 Å². The number of para-hydroxylation sites is 6. The van der Waals surface area contributed by atoms with E-state index < -0.39 is 0 Å². The lowest BCUT2D eigenvalue weighted by molar-refractivity contribution is 0.465. The van der Waals surface area contributed by atoms with Gasteiger partial charge in [0.05, 0.1) is 22.7 Å². The molecule has 7 heteroatoms. The zero-order valence-electron chi connectivity index (χ0n) is 37.0. The number of hydrogen-bond donors (Lipinski definition) is 0. The molecule has 0 saturated carbocycles. The summed E-state index contributed by atoms with van der Waals surface area (Å²) < 4.78 is 27.8. The fourth-order valence-corrected chi connectivity index (χ4v) is 11.3. The van der Waals surface area contributed by atoms with Crippen molar-refractivity contribution in [1.29, 1.82) is 0 Å². The van der Waals surface area contributed by atoms with E-state index in [0.717, 1.165) is 139 Å². The second-order valence-electron chi connectivity index (χ2n) is 17.9. The SMILES string of the molecule is c1ccc(N(c2cc3c(c4ccccc24)B2c4c(cccc4Oc4cc(N(c5ccccc5)c5cccc6c5oc5ccccc56)c5ccccc5c42)O3)c2cccc3c2oc2ccccc23)cc1. The Kier molecular flexibility index (Phi) is 8.06. The van der Waals surface area contributed by atoms with Gasteiger partial charge in [-0.15, -0.1) is 0 Å². The Morgan fingerprint density at radius 2 is 0.652 bits per heavy atom. The summed E-state index contributed by atoms with van der Waals surface area (Å²) in [5.41, 5.74) is 12.4. The maximum Gasteiger partial charge on any atom is 0.262 e. The maximum atomic E-state index is 7.15. The van der Waals surface area contributed by atoms with Crippen LogP contribution in [0.1, 0.15) is 0 Å². The molecule has 0 unspecified atom stereocenters. The van der Waals surface area contributed by atoms with Crippen molar-refractivity contribution in [2.24, 2.45) is 0 Å². The molecular weight excluding hydrogens is 848 g/mol. The molecule has 0 saturated heterocycles. The molecule has 4 heterocycles. The van der Waals surface area contributed by atoms with Gasteiger partial charge in [0.1, 0.15) is 34.2 Å². The second-order valence-corrected chi connectivity index (χ2v) is 17.9. The van der Waals surface area contributed by atoms with Crippen molar-refractivity contribution in [3.8, 4) is 23.0 Å². The first-order chi connectivity index (χ1) is 34.2. The van der Waals surface area contributed by atoms with Crippen LogP contribution in [0.25, 0.3) is 65.4 Å². The molecular formula is C62H37BN2O4. The van der Waals surface area contributed by atoms with E-state index in [4.69, 9.17) is 18.3 Å². The minimum absolute atomic E-state index is 0.227. The third-order valence-electron chi connectivity index (χ3n) is 14.1. The highest BCUT2D eigenvalue weighted by Gasteiger charge is 2.43. The van der Waals surface area contributed by atoms with Crippen LogP contribution in [0, 0.1) is 0 Å². The predicted octanol–water partition coefficient (Wildman–Crippen LogP) is 15.5. The monoisotopic (exact) mass is 884 g/mol. The first-order valence-electron chi connectivity index (χ1n) is 23.4. The Morgan fingerprint density at radius 1 is 0.275 bits per heavy atom. The first kappa shape index (κ1) is 38.0. The van der Waals surface area contributed by atoms with Crippen LogP contribution < -0.4 is 35.7 Å².